The van der Waals surface area contributed by atoms with Crippen LogP contribution < -0.4 is 5.32 Å². The summed E-state index contributed by atoms with van der Waals surface area (Å²) in [5.74, 6) is -2.08. The number of aryl methyl sites for hydroxylation is 2. The maximum absolute atomic E-state index is 13.0. The number of hydrogen-bond donors (Lipinski definition) is 2. The maximum Gasteiger partial charge on any atom is 0.333 e. The normalized spacial score (nSPS) is 13.3. The summed E-state index contributed by atoms with van der Waals surface area (Å²) in [6.45, 7) is 1.38. The molecule has 23 heavy (non-hydrogen) atoms. The van der Waals surface area contributed by atoms with Crippen molar-refractivity contribution in [3.05, 3.63) is 53.6 Å². The second kappa shape index (κ2) is 6.60. The number of carbonyl (C=O) groups excluding carboxylic acids is 1. The number of aromatic nitrogens is 2. The zero-order chi connectivity index (χ0) is 17.0. The standard InChI is InChI=1S/C16H18FN3O3/c1-16(15(22)23,12-4-6-13(17)7-5-12)19-14(21)8-3-11-9-18-20(2)10-11/h4-7,9-10H,3,8H2,1-2H3,(H,19,21)(H,22,23). The van der Waals surface area contributed by atoms with Crippen LogP contribution in [0.5, 0.6) is 0 Å². The van der Waals surface area contributed by atoms with Crippen LogP contribution in [0, 0.1) is 5.82 Å². The van der Waals surface area contributed by atoms with Gasteiger partial charge < -0.3 is 10.4 Å². The zero-order valence-corrected chi connectivity index (χ0v) is 12.9. The molecule has 0 bridgehead atoms. The molecule has 1 amide bonds. The van der Waals surface area contributed by atoms with Crippen LogP contribution in [0.4, 0.5) is 4.39 Å². The number of halogens is 1. The van der Waals surface area contributed by atoms with Crippen molar-refractivity contribution in [2.45, 2.75) is 25.3 Å². The van der Waals surface area contributed by atoms with Crippen molar-refractivity contribution >= 4 is 11.9 Å². The van der Waals surface area contributed by atoms with Gasteiger partial charge in [0.1, 0.15) is 5.82 Å². The SMILES string of the molecule is Cn1cc(CCC(=O)NC(C)(C(=O)O)c2ccc(F)cc2)cn1. The third kappa shape index (κ3) is 3.94. The Bertz CT molecular complexity index is 712. The van der Waals surface area contributed by atoms with Crippen LogP contribution in [0.1, 0.15) is 24.5 Å². The van der Waals surface area contributed by atoms with Crippen molar-refractivity contribution in [1.82, 2.24) is 15.1 Å². The van der Waals surface area contributed by atoms with Gasteiger partial charge in [-0.25, -0.2) is 9.18 Å². The molecule has 2 rings (SSSR count). The summed E-state index contributed by atoms with van der Waals surface area (Å²) in [5.41, 5.74) is -0.415. The fourth-order valence-electron chi connectivity index (χ4n) is 2.23. The minimum atomic E-state index is -1.61. The van der Waals surface area contributed by atoms with Gasteiger partial charge in [-0.2, -0.15) is 5.10 Å². The van der Waals surface area contributed by atoms with Crippen LogP contribution >= 0.6 is 0 Å². The lowest BCUT2D eigenvalue weighted by molar-refractivity contribution is -0.147. The molecule has 2 N–H and O–H groups in total. The summed E-state index contributed by atoms with van der Waals surface area (Å²) in [6.07, 6.45) is 4.04. The molecule has 6 nitrogen and oxygen atoms in total. The minimum absolute atomic E-state index is 0.135. The molecule has 0 fully saturated rings. The van der Waals surface area contributed by atoms with Gasteiger partial charge in [-0.05, 0) is 36.6 Å². The van der Waals surface area contributed by atoms with Gasteiger partial charge in [0.2, 0.25) is 5.91 Å². The molecular weight excluding hydrogens is 301 g/mol. The van der Waals surface area contributed by atoms with Crippen LogP contribution in [0.15, 0.2) is 36.7 Å². The quantitative estimate of drug-likeness (QED) is 0.847. The molecule has 0 aliphatic carbocycles. The number of hydrogen-bond acceptors (Lipinski definition) is 3. The fourth-order valence-corrected chi connectivity index (χ4v) is 2.23. The average Bonchev–Trinajstić information content (AvgIpc) is 2.91. The second-order valence-electron chi connectivity index (χ2n) is 5.51. The Kier molecular flexibility index (Phi) is 4.78. The van der Waals surface area contributed by atoms with E-state index < -0.39 is 23.2 Å². The molecule has 122 valence electrons. The number of rotatable bonds is 6. The summed E-state index contributed by atoms with van der Waals surface area (Å²) in [6, 6.07) is 5.03. The number of carbonyl (C=O) groups is 2. The van der Waals surface area contributed by atoms with Crippen molar-refractivity contribution in [1.29, 1.82) is 0 Å². The molecule has 0 spiro atoms. The first-order valence-corrected chi connectivity index (χ1v) is 7.09. The summed E-state index contributed by atoms with van der Waals surface area (Å²) < 4.78 is 14.6. The van der Waals surface area contributed by atoms with Gasteiger partial charge in [-0.3, -0.25) is 9.48 Å². The van der Waals surface area contributed by atoms with E-state index in [2.05, 4.69) is 10.4 Å². The highest BCUT2D eigenvalue weighted by Gasteiger charge is 2.36. The predicted molar refractivity (Wildman–Crippen MR) is 81.1 cm³/mol. The highest BCUT2D eigenvalue weighted by molar-refractivity contribution is 5.87. The van der Waals surface area contributed by atoms with E-state index in [9.17, 15) is 19.1 Å². The van der Waals surface area contributed by atoms with Crippen LogP contribution in [0.3, 0.4) is 0 Å². The Morgan fingerprint density at radius 3 is 2.52 bits per heavy atom. The van der Waals surface area contributed by atoms with E-state index in [4.69, 9.17) is 0 Å². The van der Waals surface area contributed by atoms with Crippen molar-refractivity contribution in [2.75, 3.05) is 0 Å². The number of nitrogens with one attached hydrogen (secondary N) is 1. The van der Waals surface area contributed by atoms with Crippen LogP contribution in [0.2, 0.25) is 0 Å². The van der Waals surface area contributed by atoms with Gasteiger partial charge in [0, 0.05) is 19.7 Å². The lowest BCUT2D eigenvalue weighted by atomic mass is 9.91. The van der Waals surface area contributed by atoms with Gasteiger partial charge >= 0.3 is 5.97 Å². The molecule has 1 heterocycles. The van der Waals surface area contributed by atoms with E-state index in [0.717, 1.165) is 17.7 Å². The van der Waals surface area contributed by atoms with Crippen molar-refractivity contribution in [3.63, 3.8) is 0 Å². The monoisotopic (exact) mass is 319 g/mol. The largest absolute Gasteiger partial charge is 0.479 e. The third-order valence-corrected chi connectivity index (χ3v) is 3.64. The lowest BCUT2D eigenvalue weighted by Gasteiger charge is -2.26. The van der Waals surface area contributed by atoms with Crippen molar-refractivity contribution < 1.29 is 19.1 Å². The minimum Gasteiger partial charge on any atom is -0.479 e. The highest BCUT2D eigenvalue weighted by Crippen LogP contribution is 2.22. The number of carboxylic acid groups (broad SMARTS) is 1. The third-order valence-electron chi connectivity index (χ3n) is 3.64. The summed E-state index contributed by atoms with van der Waals surface area (Å²) in [7, 11) is 1.78. The number of amides is 1. The summed E-state index contributed by atoms with van der Waals surface area (Å²) in [4.78, 5) is 23.7. The molecule has 1 unspecified atom stereocenters. The Morgan fingerprint density at radius 1 is 1.35 bits per heavy atom. The van der Waals surface area contributed by atoms with E-state index in [1.165, 1.54) is 19.1 Å². The van der Waals surface area contributed by atoms with Crippen LogP contribution in [-0.2, 0) is 28.6 Å². The Labute approximate surface area is 132 Å². The first kappa shape index (κ1) is 16.7. The molecular formula is C16H18FN3O3. The second-order valence-corrected chi connectivity index (χ2v) is 5.51. The zero-order valence-electron chi connectivity index (χ0n) is 12.9. The number of nitrogens with zero attached hydrogens (tertiary/aromatic N) is 2. The van der Waals surface area contributed by atoms with Crippen LogP contribution in [-0.4, -0.2) is 26.8 Å². The molecule has 0 radical (unpaired) electrons. The first-order chi connectivity index (χ1) is 10.8. The molecule has 1 aromatic carbocycles. The molecule has 0 aliphatic rings. The average molecular weight is 319 g/mol. The number of aliphatic carboxylic acids is 1. The van der Waals surface area contributed by atoms with Crippen molar-refractivity contribution in [3.8, 4) is 0 Å². The molecule has 1 atom stereocenters. The molecule has 2 aromatic rings. The highest BCUT2D eigenvalue weighted by atomic mass is 19.1. The van der Waals surface area contributed by atoms with E-state index in [1.54, 1.807) is 24.1 Å². The van der Waals surface area contributed by atoms with Gasteiger partial charge in [-0.1, -0.05) is 12.1 Å². The lowest BCUT2D eigenvalue weighted by Crippen LogP contribution is -2.49. The van der Waals surface area contributed by atoms with Gasteiger partial charge in [0.05, 0.1) is 6.20 Å². The van der Waals surface area contributed by atoms with Gasteiger partial charge in [0.25, 0.3) is 0 Å². The smallest absolute Gasteiger partial charge is 0.333 e. The Balaban J connectivity index is 2.07. The number of benzene rings is 1. The van der Waals surface area contributed by atoms with E-state index in [0.29, 0.717) is 12.0 Å². The van der Waals surface area contributed by atoms with E-state index in [1.807, 2.05) is 0 Å². The molecule has 0 saturated heterocycles. The van der Waals surface area contributed by atoms with Gasteiger partial charge in [0.15, 0.2) is 5.54 Å². The molecule has 1 aromatic heterocycles. The fraction of sp³-hybridized carbons (Fsp3) is 0.312. The molecule has 0 aliphatic heterocycles. The molecule has 0 saturated carbocycles. The van der Waals surface area contributed by atoms with Crippen molar-refractivity contribution in [2.24, 2.45) is 7.05 Å². The summed E-state index contributed by atoms with van der Waals surface area (Å²) in [5, 5.41) is 16.0. The van der Waals surface area contributed by atoms with E-state index >= 15 is 0 Å². The topological polar surface area (TPSA) is 84.2 Å². The van der Waals surface area contributed by atoms with Gasteiger partial charge in [-0.15, -0.1) is 0 Å². The predicted octanol–water partition coefficient (Wildman–Crippen LogP) is 1.61. The van der Waals surface area contributed by atoms with Crippen LogP contribution in [0.25, 0.3) is 0 Å². The maximum atomic E-state index is 13.0. The first-order valence-electron chi connectivity index (χ1n) is 7.09. The molecule has 7 heteroatoms. The summed E-state index contributed by atoms with van der Waals surface area (Å²) >= 11 is 0. The Hall–Kier alpha value is -2.70. The number of carboxylic acids is 1. The van der Waals surface area contributed by atoms with E-state index in [-0.39, 0.29) is 6.42 Å². The Morgan fingerprint density at radius 2 is 2.00 bits per heavy atom.